The van der Waals surface area contributed by atoms with E-state index in [1.165, 1.54) is 0 Å². The first-order valence-corrected chi connectivity index (χ1v) is 31.3. The summed E-state index contributed by atoms with van der Waals surface area (Å²) in [7, 11) is 0. The van der Waals surface area contributed by atoms with Crippen LogP contribution in [0.3, 0.4) is 0 Å². The molecular weight excluding hydrogens is 1260 g/mol. The summed E-state index contributed by atoms with van der Waals surface area (Å²) in [5, 5.41) is 61.0. The Morgan fingerprint density at radius 1 is 0.708 bits per heavy atom. The summed E-state index contributed by atoms with van der Waals surface area (Å²) >= 11 is 0. The number of amides is 12. The minimum atomic E-state index is -1.91. The molecule has 0 aliphatic carbocycles. The number of unbranched alkanes of at least 4 members (excludes halogenated alkanes) is 1. The Labute approximate surface area is 553 Å². The van der Waals surface area contributed by atoms with E-state index >= 15 is 0 Å². The molecule has 1 saturated heterocycles. The monoisotopic (exact) mass is 1350 g/mol. The number of carboxylic acids is 3. The third-order valence-corrected chi connectivity index (χ3v) is 14.6. The highest BCUT2D eigenvalue weighted by Gasteiger charge is 2.39. The predicted octanol–water partition coefficient (Wildman–Crippen LogP) is -5.06. The van der Waals surface area contributed by atoms with Gasteiger partial charge in [0.25, 0.3) is 0 Å². The molecule has 0 radical (unpaired) electrons. The molecule has 3 rings (SSSR count). The average Bonchev–Trinajstić information content (AvgIpc) is 1.10. The molecule has 0 spiro atoms. The van der Waals surface area contributed by atoms with Gasteiger partial charge in [-0.25, -0.2) is 0 Å². The lowest BCUT2D eigenvalue weighted by Gasteiger charge is -2.32. The molecule has 36 heteroatoms. The molecule has 1 aliphatic heterocycles. The second-order valence-electron chi connectivity index (χ2n) is 24.4. The van der Waals surface area contributed by atoms with Gasteiger partial charge in [0.2, 0.25) is 70.9 Å². The van der Waals surface area contributed by atoms with Gasteiger partial charge < -0.3 is 85.7 Å². The Kier molecular flexibility index (Phi) is 34.2. The second-order valence-corrected chi connectivity index (χ2v) is 24.4. The molecule has 12 amide bonds. The highest BCUT2D eigenvalue weighted by Crippen LogP contribution is 2.21. The molecular formula is C60H92N18O18. The molecule has 2 heterocycles. The first kappa shape index (κ1) is 80.2. The van der Waals surface area contributed by atoms with Gasteiger partial charge in [0.1, 0.15) is 36.3 Å². The highest BCUT2D eigenvalue weighted by atomic mass is 16.4. The Morgan fingerprint density at radius 2 is 1.35 bits per heavy atom. The lowest BCUT2D eigenvalue weighted by Crippen LogP contribution is -2.61. The molecule has 1 aromatic heterocycles. The first-order chi connectivity index (χ1) is 45.3. The van der Waals surface area contributed by atoms with Crippen molar-refractivity contribution in [2.24, 2.45) is 39.4 Å². The number of hydrogen-bond acceptors (Lipinski definition) is 20. The number of imide groups is 1. The van der Waals surface area contributed by atoms with E-state index in [9.17, 15) is 87.2 Å². The largest absolute Gasteiger partial charge is 0.481 e. The van der Waals surface area contributed by atoms with Crippen molar-refractivity contribution < 1.29 is 87.2 Å². The molecule has 1 fully saturated rings. The molecule has 2 aromatic rings. The maximum absolute atomic E-state index is 14.1. The van der Waals surface area contributed by atoms with Gasteiger partial charge in [0.15, 0.2) is 0 Å². The van der Waals surface area contributed by atoms with Crippen LogP contribution in [0.4, 0.5) is 0 Å². The quantitative estimate of drug-likeness (QED) is 0.0169. The van der Waals surface area contributed by atoms with E-state index in [4.69, 9.17) is 17.2 Å². The van der Waals surface area contributed by atoms with E-state index in [-0.39, 0.29) is 75.8 Å². The SMILES string of the molecule is CC(C)CC(NC(=O)C(Cc1ccccc1)NC(=O)CNC(=O)C(N)Cc1cn(CCCC(C)(C)C)nn1)C(=O)NC[C@@H](CC(=O)O)C(=O)N[C@@H](CC(=O)O)C(=O)NCC(=O)NCCCCC1C(=O)NC(CCCN=CN)C(=O)N[C@@H](CC(=O)O)C(=O)NCC(=O)N1C(=O)CN. The Hall–Kier alpha value is -10.0. The van der Waals surface area contributed by atoms with Gasteiger partial charge in [-0.1, -0.05) is 70.2 Å². The number of carbonyl (C=O) groups excluding carboxylic acids is 12. The summed E-state index contributed by atoms with van der Waals surface area (Å²) in [5.41, 5.74) is 18.3. The van der Waals surface area contributed by atoms with E-state index in [0.717, 1.165) is 19.2 Å². The van der Waals surface area contributed by atoms with Crippen LogP contribution in [0.2, 0.25) is 0 Å². The van der Waals surface area contributed by atoms with Gasteiger partial charge in [0, 0.05) is 45.2 Å². The molecule has 530 valence electrons. The zero-order valence-electron chi connectivity index (χ0n) is 54.5. The lowest BCUT2D eigenvalue weighted by atomic mass is 9.91. The van der Waals surface area contributed by atoms with Crippen molar-refractivity contribution in [3.05, 3.63) is 47.8 Å². The topological polar surface area (TPSA) is 561 Å². The normalized spacial score (nSPS) is 16.9. The van der Waals surface area contributed by atoms with E-state index in [1.54, 1.807) is 55.1 Å². The van der Waals surface area contributed by atoms with Crippen molar-refractivity contribution in [1.29, 1.82) is 0 Å². The molecule has 19 N–H and O–H groups in total. The van der Waals surface area contributed by atoms with Crippen molar-refractivity contribution >= 4 is 95.1 Å². The zero-order valence-corrected chi connectivity index (χ0v) is 54.5. The molecule has 0 saturated carbocycles. The molecule has 1 aliphatic rings. The summed E-state index contributed by atoms with van der Waals surface area (Å²) in [6, 6.07) is -1.92. The Bertz CT molecular complexity index is 3060. The number of aliphatic imine (C=N–C) groups is 1. The third-order valence-electron chi connectivity index (χ3n) is 14.6. The standard InChI is InChI=1S/C60H92N18O18/c1-34(2)21-40(73-58(95)41(22-35-13-7-6-8-14-35)70-46(80)30-67-53(90)38(63)24-37-32-77(76-75-37)20-12-17-60(3,4)5)54(91)66-28-36(23-49(83)84)52(89)72-42(25-50(85)86)55(92)68-29-45(79)65-19-10-9-16-44-59(96)71-39(15-11-18-64-33-62)57(94)74-43(26-51(87)88)56(93)69-31-48(82)78(44)47(81)27-61/h6-8,13-14,32-34,36,38-44H,9-12,15-31,61,63H2,1-5H3,(H2,62,64)(H,65,79)(H,66,91)(H,67,90)(H,68,92)(H,69,93)(H,70,80)(H,71,96)(H,72,89)(H,73,95)(H,74,94)(H,83,84)(H,85,86)(H,87,88)/t36-,38?,39?,40?,41?,42+,43+,44?/m1/s1. The number of benzene rings is 1. The van der Waals surface area contributed by atoms with Crippen LogP contribution < -0.4 is 70.4 Å². The number of nitrogens with two attached hydrogens (primary N) is 3. The van der Waals surface area contributed by atoms with Crippen LogP contribution in [-0.2, 0) is 91.3 Å². The van der Waals surface area contributed by atoms with Gasteiger partial charge in [-0.3, -0.25) is 86.5 Å². The number of rotatable bonds is 39. The molecule has 5 unspecified atom stereocenters. The summed E-state index contributed by atoms with van der Waals surface area (Å²) in [6.45, 7) is 6.61. The van der Waals surface area contributed by atoms with Gasteiger partial charge in [-0.2, -0.15) is 0 Å². The molecule has 1 aromatic carbocycles. The number of carbonyl (C=O) groups is 15. The molecule has 8 atom stereocenters. The third kappa shape index (κ3) is 30.4. The summed E-state index contributed by atoms with van der Waals surface area (Å²) in [5.74, 6) is -18.2. The minimum absolute atomic E-state index is 0.00938. The van der Waals surface area contributed by atoms with Crippen LogP contribution >= 0.6 is 0 Å². The van der Waals surface area contributed by atoms with E-state index < -0.39 is 189 Å². The number of carboxylic acid groups (broad SMARTS) is 3. The summed E-state index contributed by atoms with van der Waals surface area (Å²) in [6.07, 6.45) is 1.29. The number of nitrogens with one attached hydrogen (secondary N) is 10. The fourth-order valence-electron chi connectivity index (χ4n) is 9.73. The summed E-state index contributed by atoms with van der Waals surface area (Å²) in [4.78, 5) is 201. The van der Waals surface area contributed by atoms with Crippen molar-refractivity contribution in [1.82, 2.24) is 73.1 Å². The number of aromatic nitrogens is 3. The van der Waals surface area contributed by atoms with Gasteiger partial charge >= 0.3 is 17.9 Å². The maximum atomic E-state index is 14.1. The smallest absolute Gasteiger partial charge is 0.305 e. The van der Waals surface area contributed by atoms with Crippen LogP contribution in [-0.4, -0.2) is 218 Å². The number of aliphatic carboxylic acids is 3. The minimum Gasteiger partial charge on any atom is -0.481 e. The van der Waals surface area contributed by atoms with Crippen LogP contribution in [0, 0.1) is 17.3 Å². The molecule has 0 bridgehead atoms. The molecule has 96 heavy (non-hydrogen) atoms. The number of hydrogen-bond donors (Lipinski definition) is 16. The van der Waals surface area contributed by atoms with Gasteiger partial charge in [-0.15, -0.1) is 5.10 Å². The highest BCUT2D eigenvalue weighted by molar-refractivity contribution is 6.04. The predicted molar refractivity (Wildman–Crippen MR) is 340 cm³/mol. The number of aryl methyl sites for hydroxylation is 1. The molecule has 36 nitrogen and oxygen atoms in total. The van der Waals surface area contributed by atoms with Crippen LogP contribution in [0.15, 0.2) is 41.5 Å². The van der Waals surface area contributed by atoms with Crippen molar-refractivity contribution in [3.8, 4) is 0 Å². The van der Waals surface area contributed by atoms with Crippen LogP contribution in [0.5, 0.6) is 0 Å². The van der Waals surface area contributed by atoms with Crippen LogP contribution in [0.1, 0.15) is 117 Å². The van der Waals surface area contributed by atoms with E-state index in [2.05, 4.69) is 89.2 Å². The first-order valence-electron chi connectivity index (χ1n) is 31.3. The number of nitrogens with zero attached hydrogens (tertiary/aromatic N) is 5. The second kappa shape index (κ2) is 41.0. The summed E-state index contributed by atoms with van der Waals surface area (Å²) < 4.78 is 1.66. The Morgan fingerprint density at radius 3 is 1.99 bits per heavy atom. The van der Waals surface area contributed by atoms with Crippen LogP contribution in [0.25, 0.3) is 0 Å². The van der Waals surface area contributed by atoms with Gasteiger partial charge in [-0.05, 0) is 68.3 Å². The van der Waals surface area contributed by atoms with E-state index in [1.807, 2.05) is 0 Å². The van der Waals surface area contributed by atoms with Crippen molar-refractivity contribution in [2.75, 3.05) is 45.8 Å². The van der Waals surface area contributed by atoms with E-state index in [0.29, 0.717) is 22.7 Å². The maximum Gasteiger partial charge on any atom is 0.305 e. The average molecular weight is 1350 g/mol. The van der Waals surface area contributed by atoms with Gasteiger partial charge in [0.05, 0.1) is 69.4 Å². The lowest BCUT2D eigenvalue weighted by molar-refractivity contribution is -0.152. The fourth-order valence-corrected chi connectivity index (χ4v) is 9.73. The zero-order chi connectivity index (χ0) is 71.7. The van der Waals surface area contributed by atoms with Crippen molar-refractivity contribution in [3.63, 3.8) is 0 Å². The van der Waals surface area contributed by atoms with Crippen molar-refractivity contribution in [2.45, 2.75) is 167 Å². The fraction of sp³-hybridized carbons (Fsp3) is 0.600. The Balaban J connectivity index is 1.66.